The quantitative estimate of drug-likeness (QED) is 0.193. The summed E-state index contributed by atoms with van der Waals surface area (Å²) in [5.41, 5.74) is 10.5. The summed E-state index contributed by atoms with van der Waals surface area (Å²) in [7, 11) is -3.03. The minimum Gasteiger partial charge on any atom is -0.746 e. The molecule has 0 radical (unpaired) electrons. The second-order valence-corrected chi connectivity index (χ2v) is 5.90. The fourth-order valence-electron chi connectivity index (χ4n) is 2.12. The minimum atomic E-state index is -4.49. The average Bonchev–Trinajstić information content (AvgIpc) is 2.63. The molecule has 0 saturated heterocycles. The number of amides is 2. The van der Waals surface area contributed by atoms with Crippen LogP contribution in [0.15, 0.2) is 12.1 Å². The number of carbonyl (C=O) groups is 1. The van der Waals surface area contributed by atoms with E-state index in [-0.39, 0.29) is 47.4 Å². The van der Waals surface area contributed by atoms with Crippen molar-refractivity contribution in [3.8, 4) is 5.75 Å². The number of carbonyl (C=O) groups excluding carboxylic acids is 1. The zero-order chi connectivity index (χ0) is 15.1. The number of anilines is 2. The van der Waals surface area contributed by atoms with Crippen LogP contribution in [0.2, 0.25) is 0 Å². The van der Waals surface area contributed by atoms with Crippen LogP contribution < -0.4 is 51.0 Å². The number of nitrogens with zero attached hydrogens (tertiary/aromatic N) is 1. The predicted octanol–water partition coefficient (Wildman–Crippen LogP) is -3.74. The summed E-state index contributed by atoms with van der Waals surface area (Å²) in [4.78, 5) is 11.9. The first-order valence-electron chi connectivity index (χ1n) is 5.55. The fourth-order valence-corrected chi connectivity index (χ4v) is 3.00. The van der Waals surface area contributed by atoms with Crippen molar-refractivity contribution in [2.75, 3.05) is 17.4 Å². The maximum absolute atomic E-state index is 11.1. The normalized spacial score (nSPS) is 16.9. The van der Waals surface area contributed by atoms with E-state index in [0.717, 1.165) is 0 Å². The molecule has 0 fully saturated rings. The third-order valence-corrected chi connectivity index (χ3v) is 4.21. The molecule has 5 N–H and O–H groups in total. The molecule has 9 nitrogen and oxygen atoms in total. The standard InChI is InChI=1S/C10H14N4O5S.Na/c1-14-7-4-8(15)6(12-13-10(11)16)2-5(7)3-9(14)20(17,18)19;/h2,4,9,12,15H,3H2,1H3,(H3,11,13,16)(H,17,18,19);/q;+1/p-1. The summed E-state index contributed by atoms with van der Waals surface area (Å²) in [5.74, 6) is -0.215. The number of hydrogen-bond donors (Lipinski definition) is 4. The van der Waals surface area contributed by atoms with Gasteiger partial charge in [-0.05, 0) is 11.6 Å². The molecular weight excluding hydrogens is 311 g/mol. The Labute approximate surface area is 143 Å². The van der Waals surface area contributed by atoms with E-state index in [1.54, 1.807) is 0 Å². The van der Waals surface area contributed by atoms with Crippen molar-refractivity contribution in [2.45, 2.75) is 11.8 Å². The third kappa shape index (κ3) is 3.71. The number of rotatable bonds is 3. The molecule has 1 aliphatic heterocycles. The van der Waals surface area contributed by atoms with Crippen molar-refractivity contribution in [1.29, 1.82) is 0 Å². The van der Waals surface area contributed by atoms with E-state index < -0.39 is 21.5 Å². The number of likely N-dealkylation sites (N-methyl/N-ethyl adjacent to an activating group) is 1. The van der Waals surface area contributed by atoms with Gasteiger partial charge in [0.1, 0.15) is 21.2 Å². The first kappa shape index (κ1) is 17.9. The Bertz CT molecular complexity index is 666. The summed E-state index contributed by atoms with van der Waals surface area (Å²) in [6, 6.07) is 1.91. The Morgan fingerprint density at radius 2 is 2.14 bits per heavy atom. The van der Waals surface area contributed by atoms with Crippen LogP contribution in [0, 0.1) is 0 Å². The molecule has 1 aliphatic rings. The average molecular weight is 324 g/mol. The zero-order valence-corrected chi connectivity index (χ0v) is 14.3. The van der Waals surface area contributed by atoms with E-state index in [0.29, 0.717) is 11.3 Å². The molecule has 0 bridgehead atoms. The Hall–Kier alpha value is -1.20. The zero-order valence-electron chi connectivity index (χ0n) is 11.5. The molecule has 0 aromatic heterocycles. The summed E-state index contributed by atoms with van der Waals surface area (Å²) in [6.45, 7) is 0. The Kier molecular flexibility index (Phi) is 5.34. The maximum Gasteiger partial charge on any atom is 1.00 e. The number of phenolic OH excluding ortho intramolecular Hbond substituents is 1. The SMILES string of the molecule is CN1c2cc(O)c(NNC(N)=O)cc2CC1S(=O)(=O)[O-].[Na+]. The number of urea groups is 1. The van der Waals surface area contributed by atoms with Gasteiger partial charge in [0.25, 0.3) is 0 Å². The van der Waals surface area contributed by atoms with E-state index in [9.17, 15) is 22.9 Å². The molecule has 21 heavy (non-hydrogen) atoms. The first-order valence-corrected chi connectivity index (χ1v) is 7.02. The van der Waals surface area contributed by atoms with Gasteiger partial charge in [-0.25, -0.2) is 13.2 Å². The Morgan fingerprint density at radius 3 is 2.67 bits per heavy atom. The predicted molar refractivity (Wildman–Crippen MR) is 70.0 cm³/mol. The number of nitrogens with two attached hydrogens (primary N) is 1. The van der Waals surface area contributed by atoms with Crippen LogP contribution in [-0.4, -0.2) is 36.5 Å². The van der Waals surface area contributed by atoms with Crippen LogP contribution in [0.4, 0.5) is 16.2 Å². The Balaban J connectivity index is 0.00000220. The van der Waals surface area contributed by atoms with Crippen LogP contribution in [0.25, 0.3) is 0 Å². The molecule has 1 atom stereocenters. The minimum absolute atomic E-state index is 0. The van der Waals surface area contributed by atoms with Gasteiger partial charge in [0, 0.05) is 25.2 Å². The number of hydrogen-bond acceptors (Lipinski definition) is 7. The van der Waals surface area contributed by atoms with E-state index in [4.69, 9.17) is 5.73 Å². The van der Waals surface area contributed by atoms with E-state index in [1.807, 2.05) is 0 Å². The van der Waals surface area contributed by atoms with Crippen LogP contribution in [-0.2, 0) is 16.5 Å². The van der Waals surface area contributed by atoms with Gasteiger partial charge in [0.05, 0.1) is 5.69 Å². The number of fused-ring (bicyclic) bond motifs is 1. The largest absolute Gasteiger partial charge is 1.00 e. The van der Waals surface area contributed by atoms with Gasteiger partial charge < -0.3 is 20.3 Å². The molecule has 1 aromatic rings. The van der Waals surface area contributed by atoms with Crippen molar-refractivity contribution < 1.29 is 52.4 Å². The van der Waals surface area contributed by atoms with Crippen molar-refractivity contribution >= 4 is 27.5 Å². The van der Waals surface area contributed by atoms with Gasteiger partial charge in [0.2, 0.25) is 0 Å². The molecule has 11 heteroatoms. The Morgan fingerprint density at radius 1 is 1.52 bits per heavy atom. The van der Waals surface area contributed by atoms with Crippen molar-refractivity contribution in [1.82, 2.24) is 5.43 Å². The summed E-state index contributed by atoms with van der Waals surface area (Å²) < 4.78 is 33.4. The number of phenols is 1. The van der Waals surface area contributed by atoms with E-state index >= 15 is 0 Å². The molecular formula is C10H13N4NaO5S. The van der Waals surface area contributed by atoms with E-state index in [1.165, 1.54) is 24.1 Å². The molecule has 1 unspecified atom stereocenters. The third-order valence-electron chi connectivity index (χ3n) is 3.06. The van der Waals surface area contributed by atoms with Gasteiger partial charge in [-0.2, -0.15) is 0 Å². The maximum atomic E-state index is 11.1. The summed E-state index contributed by atoms with van der Waals surface area (Å²) >= 11 is 0. The first-order chi connectivity index (χ1) is 9.20. The van der Waals surface area contributed by atoms with Crippen molar-refractivity contribution in [3.63, 3.8) is 0 Å². The number of aromatic hydroxyl groups is 1. The van der Waals surface area contributed by atoms with E-state index in [2.05, 4.69) is 10.9 Å². The van der Waals surface area contributed by atoms with Crippen molar-refractivity contribution in [3.05, 3.63) is 17.7 Å². The molecule has 2 rings (SSSR count). The van der Waals surface area contributed by atoms with Gasteiger partial charge in [-0.15, -0.1) is 0 Å². The number of nitrogens with one attached hydrogen (secondary N) is 2. The van der Waals surface area contributed by atoms with Crippen LogP contribution in [0.5, 0.6) is 5.75 Å². The molecule has 0 aliphatic carbocycles. The molecule has 1 aromatic carbocycles. The van der Waals surface area contributed by atoms with Gasteiger partial charge >= 0.3 is 35.6 Å². The smallest absolute Gasteiger partial charge is 0.746 e. The van der Waals surface area contributed by atoms with Gasteiger partial charge in [-0.1, -0.05) is 0 Å². The topological polar surface area (TPSA) is 148 Å². The van der Waals surface area contributed by atoms with Crippen LogP contribution >= 0.6 is 0 Å². The number of benzene rings is 1. The molecule has 2 amide bonds. The molecule has 110 valence electrons. The van der Waals surface area contributed by atoms with Crippen LogP contribution in [0.1, 0.15) is 5.56 Å². The van der Waals surface area contributed by atoms with Gasteiger partial charge in [-0.3, -0.25) is 10.9 Å². The second kappa shape index (κ2) is 6.28. The monoisotopic (exact) mass is 324 g/mol. The fraction of sp³-hybridized carbons (Fsp3) is 0.300. The molecule has 0 saturated carbocycles. The van der Waals surface area contributed by atoms with Crippen molar-refractivity contribution in [2.24, 2.45) is 5.73 Å². The molecule has 1 heterocycles. The number of primary amides is 1. The number of hydrazine groups is 1. The van der Waals surface area contributed by atoms with Crippen LogP contribution in [0.3, 0.4) is 0 Å². The summed E-state index contributed by atoms with van der Waals surface area (Å²) in [6.07, 6.45) is 0.00317. The summed E-state index contributed by atoms with van der Waals surface area (Å²) in [5, 5.41) is 8.57. The molecule has 0 spiro atoms. The second-order valence-electron chi connectivity index (χ2n) is 4.37. The van der Waals surface area contributed by atoms with Gasteiger partial charge in [0.15, 0.2) is 0 Å².